The van der Waals surface area contributed by atoms with Crippen LogP contribution < -0.4 is 9.62 Å². The van der Waals surface area contributed by atoms with Crippen molar-refractivity contribution in [1.82, 2.24) is 4.90 Å². The maximum atomic E-state index is 12.9. The van der Waals surface area contributed by atoms with Gasteiger partial charge < -0.3 is 14.9 Å². The molecule has 0 radical (unpaired) electrons. The molecule has 2 aromatic rings. The first-order valence-electron chi connectivity index (χ1n) is 12.7. The molecule has 35 heavy (non-hydrogen) atoms. The van der Waals surface area contributed by atoms with Crippen LogP contribution in [0.2, 0.25) is 0 Å². The molecule has 0 amide bonds. The number of carboxylic acid groups (broad SMARTS) is 1. The van der Waals surface area contributed by atoms with Crippen molar-refractivity contribution in [3.63, 3.8) is 0 Å². The highest BCUT2D eigenvalue weighted by Crippen LogP contribution is 2.31. The number of hydrogen-bond acceptors (Lipinski definition) is 5. The summed E-state index contributed by atoms with van der Waals surface area (Å²) in [5.41, 5.74) is 2.92. The number of piperidine rings is 2. The van der Waals surface area contributed by atoms with Crippen LogP contribution >= 0.6 is 0 Å². The van der Waals surface area contributed by atoms with E-state index in [0.29, 0.717) is 11.6 Å². The first-order valence-corrected chi connectivity index (χ1v) is 14.2. The molecule has 8 heteroatoms. The number of aromatic carboxylic acids is 1. The number of aryl methyl sites for hydroxylation is 2. The van der Waals surface area contributed by atoms with Gasteiger partial charge in [-0.1, -0.05) is 12.5 Å². The summed E-state index contributed by atoms with van der Waals surface area (Å²) in [5, 5.41) is 9.87. The number of anilines is 2. The van der Waals surface area contributed by atoms with E-state index in [1.165, 1.54) is 51.4 Å². The van der Waals surface area contributed by atoms with Crippen molar-refractivity contribution < 1.29 is 18.3 Å². The fourth-order valence-corrected chi connectivity index (χ4v) is 6.29. The Morgan fingerprint density at radius 2 is 1.69 bits per heavy atom. The Labute approximate surface area is 209 Å². The zero-order chi connectivity index (χ0) is 25.0. The Kier molecular flexibility index (Phi) is 8.02. The molecule has 0 saturated carbocycles. The molecule has 0 atom stereocenters. The first-order chi connectivity index (χ1) is 16.7. The summed E-state index contributed by atoms with van der Waals surface area (Å²) in [6.45, 7) is 9.04. The van der Waals surface area contributed by atoms with Gasteiger partial charge in [-0.3, -0.25) is 4.72 Å². The van der Waals surface area contributed by atoms with E-state index in [2.05, 4.69) is 14.5 Å². The Morgan fingerprint density at radius 1 is 0.971 bits per heavy atom. The van der Waals surface area contributed by atoms with Gasteiger partial charge in [-0.05, 0) is 113 Å². The van der Waals surface area contributed by atoms with Gasteiger partial charge in [0.15, 0.2) is 0 Å². The van der Waals surface area contributed by atoms with Gasteiger partial charge in [0.2, 0.25) is 0 Å². The molecule has 0 spiro atoms. The minimum absolute atomic E-state index is 0.122. The van der Waals surface area contributed by atoms with Crippen LogP contribution in [-0.4, -0.2) is 57.1 Å². The Morgan fingerprint density at radius 3 is 2.34 bits per heavy atom. The second-order valence-corrected chi connectivity index (χ2v) is 11.7. The fraction of sp³-hybridized carbons (Fsp3) is 0.519. The van der Waals surface area contributed by atoms with E-state index < -0.39 is 16.0 Å². The molecule has 2 N–H and O–H groups in total. The number of carbonyl (C=O) groups is 1. The molecule has 0 aromatic heterocycles. The van der Waals surface area contributed by atoms with E-state index in [9.17, 15) is 18.3 Å². The van der Waals surface area contributed by atoms with Gasteiger partial charge >= 0.3 is 5.97 Å². The molecule has 2 heterocycles. The van der Waals surface area contributed by atoms with Crippen LogP contribution in [0.5, 0.6) is 0 Å². The summed E-state index contributed by atoms with van der Waals surface area (Å²) in [4.78, 5) is 16.9. The van der Waals surface area contributed by atoms with Crippen molar-refractivity contribution in [2.45, 2.75) is 57.3 Å². The SMILES string of the molecule is Cc1ccc(S(=O)(=O)Nc2ccc(N3CCC(CCN4CCCCC4)CC3)c(C(=O)O)c2)cc1C. The molecule has 4 rings (SSSR count). The quantitative estimate of drug-likeness (QED) is 0.537. The molecular formula is C27H37N3O4S. The maximum absolute atomic E-state index is 12.9. The lowest BCUT2D eigenvalue weighted by molar-refractivity contribution is 0.0697. The molecule has 2 aliphatic rings. The largest absolute Gasteiger partial charge is 0.478 e. The van der Waals surface area contributed by atoms with Crippen LogP contribution in [0.3, 0.4) is 0 Å². The fourth-order valence-electron chi connectivity index (χ4n) is 5.15. The predicted octanol–water partition coefficient (Wildman–Crippen LogP) is 4.89. The third kappa shape index (κ3) is 6.35. The number of rotatable bonds is 8. The summed E-state index contributed by atoms with van der Waals surface area (Å²) < 4.78 is 28.3. The second kappa shape index (κ2) is 11.0. The minimum Gasteiger partial charge on any atom is -0.478 e. The van der Waals surface area contributed by atoms with E-state index in [1.54, 1.807) is 30.3 Å². The van der Waals surface area contributed by atoms with Gasteiger partial charge in [0.25, 0.3) is 10.0 Å². The van der Waals surface area contributed by atoms with E-state index >= 15 is 0 Å². The van der Waals surface area contributed by atoms with Gasteiger partial charge in [-0.25, -0.2) is 13.2 Å². The third-order valence-corrected chi connectivity index (χ3v) is 8.90. The lowest BCUT2D eigenvalue weighted by atomic mass is 9.92. The lowest BCUT2D eigenvalue weighted by Crippen LogP contribution is -2.37. The third-order valence-electron chi connectivity index (χ3n) is 7.53. The Hall–Kier alpha value is -2.58. The molecule has 2 fully saturated rings. The van der Waals surface area contributed by atoms with Crippen molar-refractivity contribution >= 4 is 27.4 Å². The van der Waals surface area contributed by atoms with Gasteiger partial charge in [0.05, 0.1) is 16.1 Å². The topological polar surface area (TPSA) is 90.0 Å². The van der Waals surface area contributed by atoms with E-state index in [4.69, 9.17) is 0 Å². The molecule has 2 saturated heterocycles. The minimum atomic E-state index is -3.82. The number of hydrogen-bond donors (Lipinski definition) is 2. The van der Waals surface area contributed by atoms with Crippen LogP contribution in [0.15, 0.2) is 41.3 Å². The Balaban J connectivity index is 1.41. The highest BCUT2D eigenvalue weighted by Gasteiger charge is 2.25. The average Bonchev–Trinajstić information content (AvgIpc) is 2.85. The number of nitrogens with one attached hydrogen (secondary N) is 1. The van der Waals surface area contributed by atoms with E-state index in [0.717, 1.165) is 37.1 Å². The van der Waals surface area contributed by atoms with Crippen LogP contribution in [-0.2, 0) is 10.0 Å². The molecule has 0 bridgehead atoms. The number of carboxylic acids is 1. The Bertz CT molecular complexity index is 1150. The smallest absolute Gasteiger partial charge is 0.337 e. The van der Waals surface area contributed by atoms with Crippen molar-refractivity contribution in [3.05, 3.63) is 53.1 Å². The number of nitrogens with zero attached hydrogens (tertiary/aromatic N) is 2. The number of sulfonamides is 1. The normalized spacial score (nSPS) is 17.9. The summed E-state index contributed by atoms with van der Waals surface area (Å²) in [6, 6.07) is 9.77. The van der Waals surface area contributed by atoms with Gasteiger partial charge in [0.1, 0.15) is 0 Å². The molecule has 0 aliphatic carbocycles. The molecular weight excluding hydrogens is 462 g/mol. The van der Waals surface area contributed by atoms with E-state index in [1.807, 2.05) is 13.8 Å². The van der Waals surface area contributed by atoms with Gasteiger partial charge in [0, 0.05) is 18.8 Å². The molecule has 0 unspecified atom stereocenters. The summed E-state index contributed by atoms with van der Waals surface area (Å²) in [7, 11) is -3.82. The predicted molar refractivity (Wildman–Crippen MR) is 140 cm³/mol. The first kappa shape index (κ1) is 25.5. The van der Waals surface area contributed by atoms with Crippen LogP contribution in [0.25, 0.3) is 0 Å². The zero-order valence-corrected chi connectivity index (χ0v) is 21.6. The number of benzene rings is 2. The second-order valence-electron chi connectivity index (χ2n) is 10.0. The highest BCUT2D eigenvalue weighted by molar-refractivity contribution is 7.92. The van der Waals surface area contributed by atoms with Crippen molar-refractivity contribution in [3.8, 4) is 0 Å². The molecule has 2 aromatic carbocycles. The summed E-state index contributed by atoms with van der Waals surface area (Å²) in [5.74, 6) is -0.384. The maximum Gasteiger partial charge on any atom is 0.337 e. The van der Waals surface area contributed by atoms with Crippen LogP contribution in [0.4, 0.5) is 11.4 Å². The van der Waals surface area contributed by atoms with Gasteiger partial charge in [-0.15, -0.1) is 0 Å². The van der Waals surface area contributed by atoms with Crippen molar-refractivity contribution in [2.75, 3.05) is 42.3 Å². The monoisotopic (exact) mass is 499 g/mol. The van der Waals surface area contributed by atoms with Crippen molar-refractivity contribution in [1.29, 1.82) is 0 Å². The molecule has 2 aliphatic heterocycles. The van der Waals surface area contributed by atoms with Crippen LogP contribution in [0.1, 0.15) is 60.0 Å². The van der Waals surface area contributed by atoms with Crippen LogP contribution in [0, 0.1) is 19.8 Å². The zero-order valence-electron chi connectivity index (χ0n) is 20.8. The van der Waals surface area contributed by atoms with Gasteiger partial charge in [-0.2, -0.15) is 0 Å². The number of likely N-dealkylation sites (tertiary alicyclic amines) is 1. The average molecular weight is 500 g/mol. The lowest BCUT2D eigenvalue weighted by Gasteiger charge is -2.35. The summed E-state index contributed by atoms with van der Waals surface area (Å²) in [6.07, 6.45) is 7.29. The van der Waals surface area contributed by atoms with Crippen molar-refractivity contribution in [2.24, 2.45) is 5.92 Å². The molecule has 7 nitrogen and oxygen atoms in total. The van der Waals surface area contributed by atoms with E-state index in [-0.39, 0.29) is 16.1 Å². The molecule has 190 valence electrons. The standard InChI is InChI=1S/C27H37N3O4S/c1-20-6-8-24(18-21(20)2)35(33,34)28-23-7-9-26(25(19-23)27(31)32)30-16-11-22(12-17-30)10-15-29-13-4-3-5-14-29/h6-9,18-19,22,28H,3-5,10-17H2,1-2H3,(H,31,32). The summed E-state index contributed by atoms with van der Waals surface area (Å²) >= 11 is 0. The highest BCUT2D eigenvalue weighted by atomic mass is 32.2.